The predicted octanol–water partition coefficient (Wildman–Crippen LogP) is 2.14. The number of carbonyl (C=O) groups is 2. The number of esters is 1. The Labute approximate surface area is 122 Å². The minimum absolute atomic E-state index is 0.0145. The molecule has 1 aromatic rings. The van der Waals surface area contributed by atoms with Crippen LogP contribution < -0.4 is 0 Å². The van der Waals surface area contributed by atoms with Crippen LogP contribution >= 0.6 is 0 Å². The maximum Gasteiger partial charge on any atom is 0.328 e. The van der Waals surface area contributed by atoms with Crippen molar-refractivity contribution in [2.75, 3.05) is 20.3 Å². The predicted molar refractivity (Wildman–Crippen MR) is 73.5 cm³/mol. The molecule has 0 aliphatic rings. The lowest BCUT2D eigenvalue weighted by atomic mass is 9.76. The Bertz CT molecular complexity index is 485. The number of aliphatic carboxylic acids is 1. The maximum absolute atomic E-state index is 13.0. The highest BCUT2D eigenvalue weighted by molar-refractivity contribution is 6.05. The van der Waals surface area contributed by atoms with Gasteiger partial charge >= 0.3 is 11.9 Å². The fourth-order valence-corrected chi connectivity index (χ4v) is 2.15. The molecule has 1 aromatic carbocycles. The summed E-state index contributed by atoms with van der Waals surface area (Å²) in [6.07, 6.45) is 0.375. The van der Waals surface area contributed by atoms with Crippen LogP contribution in [0.25, 0.3) is 0 Å². The second-order valence-corrected chi connectivity index (χ2v) is 4.53. The minimum atomic E-state index is -1.85. The molecule has 0 saturated heterocycles. The molecule has 0 aromatic heterocycles. The van der Waals surface area contributed by atoms with E-state index in [1.54, 1.807) is 6.92 Å². The van der Waals surface area contributed by atoms with Crippen LogP contribution in [-0.4, -0.2) is 37.4 Å². The third-order valence-corrected chi connectivity index (χ3v) is 3.23. The number of ether oxygens (including phenoxy) is 2. The lowest BCUT2D eigenvalue weighted by molar-refractivity contribution is -0.162. The zero-order chi connectivity index (χ0) is 15.9. The van der Waals surface area contributed by atoms with Gasteiger partial charge < -0.3 is 14.6 Å². The monoisotopic (exact) mass is 298 g/mol. The summed E-state index contributed by atoms with van der Waals surface area (Å²) in [6.45, 7) is 1.99. The quantitative estimate of drug-likeness (QED) is 0.452. The first kappa shape index (κ1) is 17.1. The van der Waals surface area contributed by atoms with Gasteiger partial charge in [0.05, 0.1) is 6.61 Å². The van der Waals surface area contributed by atoms with Crippen molar-refractivity contribution in [2.24, 2.45) is 0 Å². The van der Waals surface area contributed by atoms with Gasteiger partial charge in [0.2, 0.25) is 0 Å². The average Bonchev–Trinajstić information content (AvgIpc) is 2.45. The van der Waals surface area contributed by atoms with Crippen LogP contribution in [0.1, 0.15) is 25.3 Å². The van der Waals surface area contributed by atoms with E-state index in [0.717, 1.165) is 12.1 Å². The van der Waals surface area contributed by atoms with E-state index in [2.05, 4.69) is 0 Å². The summed E-state index contributed by atoms with van der Waals surface area (Å²) in [6, 6.07) is 4.85. The van der Waals surface area contributed by atoms with Gasteiger partial charge in [-0.2, -0.15) is 0 Å². The van der Waals surface area contributed by atoms with Gasteiger partial charge in [-0.05, 0) is 37.5 Å². The van der Waals surface area contributed by atoms with Crippen molar-refractivity contribution in [3.05, 3.63) is 35.6 Å². The third kappa shape index (κ3) is 3.78. The molecule has 0 fully saturated rings. The molecular weight excluding hydrogens is 279 g/mol. The average molecular weight is 298 g/mol. The molecule has 0 radical (unpaired) electrons. The number of carboxylic acid groups (broad SMARTS) is 1. The van der Waals surface area contributed by atoms with Crippen molar-refractivity contribution in [3.8, 4) is 0 Å². The molecule has 0 spiro atoms. The lowest BCUT2D eigenvalue weighted by Crippen LogP contribution is -2.45. The van der Waals surface area contributed by atoms with Crippen LogP contribution in [0.3, 0.4) is 0 Å². The summed E-state index contributed by atoms with van der Waals surface area (Å²) in [4.78, 5) is 24.0. The summed E-state index contributed by atoms with van der Waals surface area (Å²) in [5, 5.41) is 9.61. The molecule has 1 atom stereocenters. The van der Waals surface area contributed by atoms with Crippen molar-refractivity contribution >= 4 is 11.9 Å². The summed E-state index contributed by atoms with van der Waals surface area (Å²) in [5.74, 6) is -2.66. The highest BCUT2D eigenvalue weighted by atomic mass is 19.1. The standard InChI is InChI=1S/C15H19FO5/c1-3-21-14(19)15(13(17)18,9-4-10-20-2)11-5-7-12(16)8-6-11/h5-8H,3-4,9-10H2,1-2H3,(H,17,18). The van der Waals surface area contributed by atoms with Crippen LogP contribution in [0.5, 0.6) is 0 Å². The minimum Gasteiger partial charge on any atom is -0.480 e. The topological polar surface area (TPSA) is 72.8 Å². The SMILES string of the molecule is CCOC(=O)C(CCCOC)(C(=O)O)c1ccc(F)cc1. The van der Waals surface area contributed by atoms with Crippen LogP contribution in [-0.2, 0) is 24.5 Å². The largest absolute Gasteiger partial charge is 0.480 e. The molecule has 1 unspecified atom stereocenters. The molecule has 21 heavy (non-hydrogen) atoms. The van der Waals surface area contributed by atoms with E-state index in [-0.39, 0.29) is 18.6 Å². The Kier molecular flexibility index (Phi) is 6.30. The van der Waals surface area contributed by atoms with Gasteiger partial charge in [0, 0.05) is 13.7 Å². The van der Waals surface area contributed by atoms with Crippen LogP contribution in [0.15, 0.2) is 24.3 Å². The Morgan fingerprint density at radius 1 is 1.29 bits per heavy atom. The van der Waals surface area contributed by atoms with E-state index in [0.29, 0.717) is 13.0 Å². The molecule has 0 heterocycles. The summed E-state index contributed by atoms with van der Waals surface area (Å²) in [7, 11) is 1.49. The van der Waals surface area contributed by atoms with E-state index < -0.39 is 23.2 Å². The summed E-state index contributed by atoms with van der Waals surface area (Å²) in [5.41, 5.74) is -1.65. The molecule has 116 valence electrons. The second-order valence-electron chi connectivity index (χ2n) is 4.53. The number of hydrogen-bond donors (Lipinski definition) is 1. The molecule has 0 saturated carbocycles. The van der Waals surface area contributed by atoms with E-state index in [1.165, 1.54) is 19.2 Å². The number of methoxy groups -OCH3 is 1. The van der Waals surface area contributed by atoms with E-state index >= 15 is 0 Å². The van der Waals surface area contributed by atoms with Gasteiger partial charge in [-0.15, -0.1) is 0 Å². The van der Waals surface area contributed by atoms with Crippen LogP contribution in [0, 0.1) is 5.82 Å². The first-order chi connectivity index (χ1) is 9.98. The molecular formula is C15H19FO5. The molecule has 5 nitrogen and oxygen atoms in total. The summed E-state index contributed by atoms with van der Waals surface area (Å²) >= 11 is 0. The first-order valence-electron chi connectivity index (χ1n) is 6.64. The number of benzene rings is 1. The fourth-order valence-electron chi connectivity index (χ4n) is 2.15. The highest BCUT2D eigenvalue weighted by Gasteiger charge is 2.48. The molecule has 0 amide bonds. The summed E-state index contributed by atoms with van der Waals surface area (Å²) < 4.78 is 22.9. The number of rotatable bonds is 8. The normalized spacial score (nSPS) is 13.5. The smallest absolute Gasteiger partial charge is 0.328 e. The number of carbonyl (C=O) groups excluding carboxylic acids is 1. The zero-order valence-corrected chi connectivity index (χ0v) is 12.1. The molecule has 0 aliphatic heterocycles. The molecule has 1 rings (SSSR count). The van der Waals surface area contributed by atoms with Gasteiger partial charge in [0.1, 0.15) is 5.82 Å². The van der Waals surface area contributed by atoms with Gasteiger partial charge in [-0.1, -0.05) is 12.1 Å². The van der Waals surface area contributed by atoms with Gasteiger partial charge in [-0.25, -0.2) is 4.39 Å². The highest BCUT2D eigenvalue weighted by Crippen LogP contribution is 2.32. The Morgan fingerprint density at radius 3 is 2.38 bits per heavy atom. The Hall–Kier alpha value is -1.95. The molecule has 1 N–H and O–H groups in total. The number of halogens is 1. The van der Waals surface area contributed by atoms with Crippen LogP contribution in [0.2, 0.25) is 0 Å². The number of hydrogen-bond acceptors (Lipinski definition) is 4. The first-order valence-corrected chi connectivity index (χ1v) is 6.64. The van der Waals surface area contributed by atoms with Crippen molar-refractivity contribution in [3.63, 3.8) is 0 Å². The van der Waals surface area contributed by atoms with E-state index in [9.17, 15) is 19.1 Å². The molecule has 0 aliphatic carbocycles. The van der Waals surface area contributed by atoms with Crippen LogP contribution in [0.4, 0.5) is 4.39 Å². The van der Waals surface area contributed by atoms with Gasteiger partial charge in [-0.3, -0.25) is 9.59 Å². The van der Waals surface area contributed by atoms with E-state index in [4.69, 9.17) is 9.47 Å². The lowest BCUT2D eigenvalue weighted by Gasteiger charge is -2.27. The second kappa shape index (κ2) is 7.73. The van der Waals surface area contributed by atoms with Gasteiger partial charge in [0.15, 0.2) is 5.41 Å². The zero-order valence-electron chi connectivity index (χ0n) is 12.1. The fraction of sp³-hybridized carbons (Fsp3) is 0.467. The van der Waals surface area contributed by atoms with Crippen molar-refractivity contribution in [2.45, 2.75) is 25.2 Å². The Morgan fingerprint density at radius 2 is 1.90 bits per heavy atom. The molecule has 6 heteroatoms. The third-order valence-electron chi connectivity index (χ3n) is 3.23. The van der Waals surface area contributed by atoms with E-state index in [1.807, 2.05) is 0 Å². The Balaban J connectivity index is 3.25. The maximum atomic E-state index is 13.0. The van der Waals surface area contributed by atoms with Crippen molar-refractivity contribution in [1.29, 1.82) is 0 Å². The number of carboxylic acids is 1. The van der Waals surface area contributed by atoms with Crippen molar-refractivity contribution < 1.29 is 28.6 Å². The molecule has 0 bridgehead atoms. The van der Waals surface area contributed by atoms with Crippen molar-refractivity contribution in [1.82, 2.24) is 0 Å². The van der Waals surface area contributed by atoms with Gasteiger partial charge in [0.25, 0.3) is 0 Å².